The Kier molecular flexibility index (Phi) is 3.62. The molecule has 0 atom stereocenters. The van der Waals surface area contributed by atoms with E-state index in [1.54, 1.807) is 0 Å². The van der Waals surface area contributed by atoms with Crippen LogP contribution in [0.1, 0.15) is 36.9 Å². The van der Waals surface area contributed by atoms with E-state index in [2.05, 4.69) is 21.5 Å². The highest BCUT2D eigenvalue weighted by molar-refractivity contribution is 5.62. The lowest BCUT2D eigenvalue weighted by Crippen LogP contribution is -1.95. The lowest BCUT2D eigenvalue weighted by Gasteiger charge is -1.99. The molecular weight excluding hydrogens is 230 g/mol. The van der Waals surface area contributed by atoms with Gasteiger partial charge in [-0.3, -0.25) is 4.79 Å². The van der Waals surface area contributed by atoms with Gasteiger partial charge in [0.1, 0.15) is 5.65 Å². The molecule has 1 aliphatic rings. The maximum absolute atomic E-state index is 9.00. The van der Waals surface area contributed by atoms with Crippen LogP contribution in [0.15, 0.2) is 24.5 Å². The van der Waals surface area contributed by atoms with E-state index < -0.39 is 5.97 Å². The molecule has 0 amide bonds. The third-order valence-corrected chi connectivity index (χ3v) is 2.79. The fourth-order valence-corrected chi connectivity index (χ4v) is 1.90. The summed E-state index contributed by atoms with van der Waals surface area (Å²) in [5, 5.41) is 7.42. The quantitative estimate of drug-likeness (QED) is 0.847. The second-order valence-electron chi connectivity index (χ2n) is 4.42. The molecule has 0 radical (unpaired) electrons. The van der Waals surface area contributed by atoms with Crippen molar-refractivity contribution in [3.05, 3.63) is 35.8 Å². The van der Waals surface area contributed by atoms with Crippen LogP contribution in [0.2, 0.25) is 0 Å². The van der Waals surface area contributed by atoms with Gasteiger partial charge in [0.05, 0.1) is 5.69 Å². The highest BCUT2D eigenvalue weighted by atomic mass is 16.4. The third kappa shape index (κ3) is 2.87. The minimum Gasteiger partial charge on any atom is -0.481 e. The molecule has 1 saturated carbocycles. The molecular formula is C13H17N3O2. The first-order valence-corrected chi connectivity index (χ1v) is 5.98. The summed E-state index contributed by atoms with van der Waals surface area (Å²) in [7, 11) is 0. The Hall–Kier alpha value is -1.88. The summed E-state index contributed by atoms with van der Waals surface area (Å²) in [6.45, 7) is 1.60. The Bertz CT molecular complexity index is 554. The van der Waals surface area contributed by atoms with Crippen molar-refractivity contribution < 1.29 is 9.90 Å². The zero-order valence-electron chi connectivity index (χ0n) is 10.3. The molecule has 0 spiro atoms. The van der Waals surface area contributed by atoms with E-state index in [9.17, 15) is 0 Å². The molecule has 3 rings (SSSR count). The monoisotopic (exact) mass is 247 g/mol. The summed E-state index contributed by atoms with van der Waals surface area (Å²) in [6.07, 6.45) is 6.67. The zero-order valence-corrected chi connectivity index (χ0v) is 10.3. The van der Waals surface area contributed by atoms with Crippen LogP contribution < -0.4 is 5.73 Å². The number of fused-ring (bicyclic) bond motifs is 1. The second kappa shape index (κ2) is 5.18. The number of aliphatic carboxylic acids is 1. The topological polar surface area (TPSA) is 80.6 Å². The van der Waals surface area contributed by atoms with Gasteiger partial charge in [-0.05, 0) is 30.4 Å². The van der Waals surface area contributed by atoms with Gasteiger partial charge in [0.2, 0.25) is 0 Å². The number of pyridine rings is 1. The minimum atomic E-state index is -0.833. The molecule has 1 fully saturated rings. The number of rotatable bonds is 2. The summed E-state index contributed by atoms with van der Waals surface area (Å²) in [5.41, 5.74) is 9.02. The molecule has 0 bridgehead atoms. The van der Waals surface area contributed by atoms with E-state index in [4.69, 9.17) is 15.6 Å². The Morgan fingerprint density at radius 2 is 2.28 bits per heavy atom. The van der Waals surface area contributed by atoms with Crippen LogP contribution in [0.5, 0.6) is 0 Å². The Morgan fingerprint density at radius 3 is 2.83 bits per heavy atom. The minimum absolute atomic E-state index is 0.520. The van der Waals surface area contributed by atoms with Crippen molar-refractivity contribution in [2.24, 2.45) is 5.73 Å². The van der Waals surface area contributed by atoms with E-state index in [0.717, 1.165) is 24.2 Å². The summed E-state index contributed by atoms with van der Waals surface area (Å²) in [6, 6.07) is 4.27. The molecule has 5 heteroatoms. The first-order valence-electron chi connectivity index (χ1n) is 5.98. The number of hydrogen-bond donors (Lipinski definition) is 2. The fraction of sp³-hybridized carbons (Fsp3) is 0.385. The largest absolute Gasteiger partial charge is 0.481 e. The average Bonchev–Trinajstić information content (AvgIpc) is 3.06. The fourth-order valence-electron chi connectivity index (χ4n) is 1.90. The molecule has 18 heavy (non-hydrogen) atoms. The van der Waals surface area contributed by atoms with E-state index >= 15 is 0 Å². The van der Waals surface area contributed by atoms with Crippen LogP contribution in [0.4, 0.5) is 0 Å². The number of hydrogen-bond acceptors (Lipinski definition) is 3. The van der Waals surface area contributed by atoms with Crippen LogP contribution >= 0.6 is 0 Å². The molecule has 5 nitrogen and oxygen atoms in total. The zero-order chi connectivity index (χ0) is 13.1. The van der Waals surface area contributed by atoms with Crippen molar-refractivity contribution in [2.45, 2.75) is 32.2 Å². The number of nitrogens with zero attached hydrogens (tertiary/aromatic N) is 2. The summed E-state index contributed by atoms with van der Waals surface area (Å²) in [5.74, 6) is -0.0910. The maximum atomic E-state index is 9.00. The van der Waals surface area contributed by atoms with Gasteiger partial charge < -0.3 is 15.2 Å². The Labute approximate surface area is 105 Å². The van der Waals surface area contributed by atoms with Gasteiger partial charge in [0, 0.05) is 25.9 Å². The maximum Gasteiger partial charge on any atom is 0.300 e. The smallest absolute Gasteiger partial charge is 0.300 e. The van der Waals surface area contributed by atoms with Crippen molar-refractivity contribution in [1.82, 2.24) is 9.38 Å². The van der Waals surface area contributed by atoms with E-state index in [0.29, 0.717) is 6.54 Å². The van der Waals surface area contributed by atoms with Crippen molar-refractivity contribution in [3.63, 3.8) is 0 Å². The lowest BCUT2D eigenvalue weighted by atomic mass is 10.2. The van der Waals surface area contributed by atoms with Gasteiger partial charge in [-0.1, -0.05) is 6.07 Å². The van der Waals surface area contributed by atoms with Gasteiger partial charge in [-0.2, -0.15) is 0 Å². The van der Waals surface area contributed by atoms with Crippen molar-refractivity contribution in [2.75, 3.05) is 0 Å². The van der Waals surface area contributed by atoms with Gasteiger partial charge in [0.15, 0.2) is 0 Å². The van der Waals surface area contributed by atoms with E-state index in [1.807, 2.05) is 12.4 Å². The summed E-state index contributed by atoms with van der Waals surface area (Å²) >= 11 is 0. The van der Waals surface area contributed by atoms with Crippen LogP contribution in [-0.2, 0) is 11.3 Å². The molecule has 2 aromatic rings. The van der Waals surface area contributed by atoms with Gasteiger partial charge in [-0.15, -0.1) is 0 Å². The highest BCUT2D eigenvalue weighted by Crippen LogP contribution is 2.41. The summed E-state index contributed by atoms with van der Waals surface area (Å²) in [4.78, 5) is 13.5. The first kappa shape index (κ1) is 12.6. The predicted molar refractivity (Wildman–Crippen MR) is 68.4 cm³/mol. The van der Waals surface area contributed by atoms with Gasteiger partial charge in [-0.25, -0.2) is 4.98 Å². The van der Waals surface area contributed by atoms with Crippen molar-refractivity contribution >= 4 is 11.6 Å². The van der Waals surface area contributed by atoms with Crippen molar-refractivity contribution in [3.8, 4) is 0 Å². The number of imidazole rings is 1. The molecule has 2 heterocycles. The van der Waals surface area contributed by atoms with Crippen LogP contribution in [-0.4, -0.2) is 20.5 Å². The SMILES string of the molecule is CC(=O)O.NCc1cn2cccc(C3CC3)c2n1. The molecule has 2 aromatic heterocycles. The van der Waals surface area contributed by atoms with Crippen molar-refractivity contribution in [1.29, 1.82) is 0 Å². The van der Waals surface area contributed by atoms with Crippen LogP contribution in [0.25, 0.3) is 5.65 Å². The Morgan fingerprint density at radius 1 is 1.61 bits per heavy atom. The molecule has 1 aliphatic carbocycles. The molecule has 0 unspecified atom stereocenters. The van der Waals surface area contributed by atoms with E-state index in [-0.39, 0.29) is 0 Å². The number of aromatic nitrogens is 2. The Balaban J connectivity index is 0.000000267. The molecule has 0 aliphatic heterocycles. The lowest BCUT2D eigenvalue weighted by molar-refractivity contribution is -0.134. The highest BCUT2D eigenvalue weighted by Gasteiger charge is 2.26. The van der Waals surface area contributed by atoms with E-state index in [1.165, 1.54) is 18.4 Å². The predicted octanol–water partition coefficient (Wildman–Crippen LogP) is 1.76. The molecule has 3 N–H and O–H groups in total. The number of carboxylic acids is 1. The molecule has 96 valence electrons. The number of carbonyl (C=O) groups is 1. The average molecular weight is 247 g/mol. The number of nitrogens with two attached hydrogens (primary N) is 1. The second-order valence-corrected chi connectivity index (χ2v) is 4.42. The standard InChI is InChI=1S/C11H13N3.C2H4O2/c12-6-9-7-14-5-1-2-10(8-3-4-8)11(14)13-9;1-2(3)4/h1-2,5,7-8H,3-4,6,12H2;1H3,(H,3,4). The normalized spacial score (nSPS) is 14.1. The van der Waals surface area contributed by atoms with Crippen LogP contribution in [0, 0.1) is 0 Å². The van der Waals surface area contributed by atoms with Gasteiger partial charge >= 0.3 is 0 Å². The van der Waals surface area contributed by atoms with Gasteiger partial charge in [0.25, 0.3) is 5.97 Å². The van der Waals surface area contributed by atoms with Crippen LogP contribution in [0.3, 0.4) is 0 Å². The molecule has 0 aromatic carbocycles. The number of carboxylic acid groups (broad SMARTS) is 1. The molecule has 0 saturated heterocycles. The third-order valence-electron chi connectivity index (χ3n) is 2.79. The first-order chi connectivity index (χ1) is 8.61. The summed E-state index contributed by atoms with van der Waals surface area (Å²) < 4.78 is 2.08.